The number of β-amino-alcohol motifs (C(OH)–C–C–N with tert-alkyl or cyclic N) is 1. The van der Waals surface area contributed by atoms with Crippen molar-refractivity contribution in [3.63, 3.8) is 0 Å². The van der Waals surface area contributed by atoms with Crippen LogP contribution in [0.5, 0.6) is 5.75 Å². The molecule has 200 valence electrons. The van der Waals surface area contributed by atoms with E-state index in [-0.39, 0.29) is 23.4 Å². The smallest absolute Gasteiger partial charge is 0.128 e. The van der Waals surface area contributed by atoms with Gasteiger partial charge in [-0.1, -0.05) is 42.5 Å². The highest BCUT2D eigenvalue weighted by atomic mass is 35.5. The number of halogens is 2. The zero-order valence-electron chi connectivity index (χ0n) is 21.6. The van der Waals surface area contributed by atoms with Crippen LogP contribution in [0.15, 0.2) is 72.9 Å². The standard InChI is InChI=1S/C32H31Cl2N3O2/c33-30-22-5-1-2-6-23(22)32(25-11-10-20-17-26(20)29(25)31(30)34)37-15-13-36(14-16-37)18-21(38)19-39-28-9-3-8-27-24(28)7-4-12-35-27/h1-12,21,30-32,38H,13-19H2/t21-,30?,31?,32?/m0/s1. The second-order valence-electron chi connectivity index (χ2n) is 10.8. The lowest BCUT2D eigenvalue weighted by molar-refractivity contribution is 0.0403. The average molecular weight is 561 g/mol. The number of piperazine rings is 1. The summed E-state index contributed by atoms with van der Waals surface area (Å²) in [6, 6.07) is 22.9. The van der Waals surface area contributed by atoms with Gasteiger partial charge in [0.1, 0.15) is 18.5 Å². The van der Waals surface area contributed by atoms with Crippen LogP contribution in [0, 0.1) is 0 Å². The summed E-state index contributed by atoms with van der Waals surface area (Å²) >= 11 is 14.1. The molecule has 3 unspecified atom stereocenters. The molecule has 1 N–H and O–H groups in total. The number of pyridine rings is 1. The lowest BCUT2D eigenvalue weighted by Gasteiger charge is -2.40. The van der Waals surface area contributed by atoms with Crippen LogP contribution in [0.4, 0.5) is 0 Å². The minimum absolute atomic E-state index is 0.127. The van der Waals surface area contributed by atoms with Crippen LogP contribution >= 0.6 is 23.2 Å². The van der Waals surface area contributed by atoms with Gasteiger partial charge in [0.25, 0.3) is 0 Å². The van der Waals surface area contributed by atoms with Gasteiger partial charge in [0.15, 0.2) is 0 Å². The molecule has 1 fully saturated rings. The van der Waals surface area contributed by atoms with Gasteiger partial charge in [0.05, 0.1) is 22.3 Å². The summed E-state index contributed by atoms with van der Waals surface area (Å²) in [6.45, 7) is 4.38. The van der Waals surface area contributed by atoms with E-state index in [9.17, 15) is 5.11 Å². The number of aliphatic hydroxyl groups excluding tert-OH is 1. The van der Waals surface area contributed by atoms with Crippen LogP contribution < -0.4 is 4.74 Å². The number of alkyl halides is 2. The molecule has 4 aromatic rings. The largest absolute Gasteiger partial charge is 0.490 e. The van der Waals surface area contributed by atoms with Crippen molar-refractivity contribution >= 4 is 34.1 Å². The van der Waals surface area contributed by atoms with E-state index in [1.54, 1.807) is 6.20 Å². The Kier molecular flexibility index (Phi) is 6.74. The highest BCUT2D eigenvalue weighted by molar-refractivity contribution is 6.30. The van der Waals surface area contributed by atoms with Gasteiger partial charge in [-0.2, -0.15) is 0 Å². The molecule has 2 heterocycles. The zero-order chi connectivity index (χ0) is 26.5. The summed E-state index contributed by atoms with van der Waals surface area (Å²) in [5.74, 6) is 0.755. The van der Waals surface area contributed by atoms with Gasteiger partial charge < -0.3 is 9.84 Å². The molecule has 3 aliphatic rings. The molecule has 3 aromatic carbocycles. The minimum atomic E-state index is -0.577. The summed E-state index contributed by atoms with van der Waals surface area (Å²) in [6.07, 6.45) is 2.22. The van der Waals surface area contributed by atoms with Crippen LogP contribution in [0.2, 0.25) is 0 Å². The first-order valence-corrected chi connectivity index (χ1v) is 14.6. The summed E-state index contributed by atoms with van der Waals surface area (Å²) in [4.78, 5) is 9.28. The molecule has 0 saturated carbocycles. The van der Waals surface area contributed by atoms with Gasteiger partial charge in [0.2, 0.25) is 0 Å². The third-order valence-corrected chi connectivity index (χ3v) is 9.51. The number of ether oxygens (including phenoxy) is 1. The molecule has 1 aliphatic heterocycles. The molecule has 1 saturated heterocycles. The highest BCUT2D eigenvalue weighted by Crippen LogP contribution is 2.54. The Bertz CT molecular complexity index is 1520. The maximum Gasteiger partial charge on any atom is 0.128 e. The van der Waals surface area contributed by atoms with Crippen LogP contribution in [0.25, 0.3) is 10.9 Å². The van der Waals surface area contributed by atoms with E-state index < -0.39 is 6.10 Å². The van der Waals surface area contributed by atoms with Crippen molar-refractivity contribution < 1.29 is 9.84 Å². The van der Waals surface area contributed by atoms with Crippen LogP contribution in [-0.2, 0) is 6.42 Å². The number of fused-ring (bicyclic) bond motifs is 5. The lowest BCUT2D eigenvalue weighted by Crippen LogP contribution is -2.50. The third kappa shape index (κ3) is 4.71. The van der Waals surface area contributed by atoms with E-state index in [4.69, 9.17) is 27.9 Å². The fraction of sp³-hybridized carbons (Fsp3) is 0.344. The Morgan fingerprint density at radius 3 is 2.54 bits per heavy atom. The lowest BCUT2D eigenvalue weighted by atomic mass is 9.92. The maximum atomic E-state index is 10.8. The normalized spacial score (nSPS) is 23.4. The van der Waals surface area contributed by atoms with Crippen molar-refractivity contribution in [2.24, 2.45) is 0 Å². The first-order chi connectivity index (χ1) is 19.1. The molecular formula is C32H31Cl2N3O2. The van der Waals surface area contributed by atoms with Crippen molar-refractivity contribution in [2.45, 2.75) is 29.3 Å². The van der Waals surface area contributed by atoms with Gasteiger partial charge in [-0.25, -0.2) is 0 Å². The molecule has 0 amide bonds. The summed E-state index contributed by atoms with van der Waals surface area (Å²) in [5, 5.41) is 11.3. The van der Waals surface area contributed by atoms with Crippen LogP contribution in [0.3, 0.4) is 0 Å². The van der Waals surface area contributed by atoms with Crippen molar-refractivity contribution in [1.29, 1.82) is 0 Å². The molecule has 1 aromatic heterocycles. The topological polar surface area (TPSA) is 48.8 Å². The number of benzene rings is 3. The first kappa shape index (κ1) is 25.3. The highest BCUT2D eigenvalue weighted by Gasteiger charge is 2.40. The van der Waals surface area contributed by atoms with E-state index in [1.807, 2.05) is 30.3 Å². The van der Waals surface area contributed by atoms with Gasteiger partial charge >= 0.3 is 0 Å². The Morgan fingerprint density at radius 2 is 1.69 bits per heavy atom. The van der Waals surface area contributed by atoms with E-state index in [1.165, 1.54) is 27.8 Å². The fourth-order valence-corrected chi connectivity index (χ4v) is 7.13. The fourth-order valence-electron chi connectivity index (χ4n) is 6.41. The minimum Gasteiger partial charge on any atom is -0.490 e. The number of rotatable bonds is 6. The van der Waals surface area contributed by atoms with Crippen molar-refractivity contribution in [1.82, 2.24) is 14.8 Å². The van der Waals surface area contributed by atoms with Crippen molar-refractivity contribution in [3.05, 3.63) is 106 Å². The second kappa shape index (κ2) is 10.4. The Labute approximate surface area is 238 Å². The first-order valence-electron chi connectivity index (χ1n) is 13.7. The Balaban J connectivity index is 1.05. The number of hydrogen-bond acceptors (Lipinski definition) is 5. The number of nitrogens with zero attached hydrogens (tertiary/aromatic N) is 3. The van der Waals surface area contributed by atoms with Gasteiger partial charge in [0, 0.05) is 44.3 Å². The van der Waals surface area contributed by atoms with E-state index in [2.05, 4.69) is 51.2 Å². The van der Waals surface area contributed by atoms with Crippen molar-refractivity contribution in [3.8, 4) is 5.75 Å². The molecule has 39 heavy (non-hydrogen) atoms. The molecule has 0 bridgehead atoms. The summed E-state index contributed by atoms with van der Waals surface area (Å²) in [7, 11) is 0. The molecule has 0 spiro atoms. The Morgan fingerprint density at radius 1 is 0.872 bits per heavy atom. The summed E-state index contributed by atoms with van der Waals surface area (Å²) < 4.78 is 6.02. The molecule has 5 nitrogen and oxygen atoms in total. The number of aliphatic hydroxyl groups is 1. The van der Waals surface area contributed by atoms with Crippen molar-refractivity contribution in [2.75, 3.05) is 39.3 Å². The molecule has 0 radical (unpaired) electrons. The predicted octanol–water partition coefficient (Wildman–Crippen LogP) is 5.86. The molecule has 7 heteroatoms. The van der Waals surface area contributed by atoms with Crippen LogP contribution in [0.1, 0.15) is 50.2 Å². The van der Waals surface area contributed by atoms with Crippen LogP contribution in [-0.4, -0.2) is 65.3 Å². The average Bonchev–Trinajstić information content (AvgIpc) is 3.77. The summed E-state index contributed by atoms with van der Waals surface area (Å²) in [5.41, 5.74) is 8.61. The molecule has 7 rings (SSSR count). The number of aromatic nitrogens is 1. The molecule has 4 atom stereocenters. The number of hydrogen-bond donors (Lipinski definition) is 1. The van der Waals surface area contributed by atoms with E-state index in [0.29, 0.717) is 6.54 Å². The predicted molar refractivity (Wildman–Crippen MR) is 156 cm³/mol. The van der Waals surface area contributed by atoms with E-state index >= 15 is 0 Å². The second-order valence-corrected chi connectivity index (χ2v) is 11.8. The maximum absolute atomic E-state index is 10.8. The molecule has 2 aliphatic carbocycles. The van der Waals surface area contributed by atoms with Gasteiger partial charge in [-0.05, 0) is 64.1 Å². The quantitative estimate of drug-likeness (QED) is 0.264. The van der Waals surface area contributed by atoms with E-state index in [0.717, 1.165) is 54.8 Å². The van der Waals surface area contributed by atoms with Gasteiger partial charge in [-0.3, -0.25) is 14.8 Å². The SMILES string of the molecule is O[C@H](COc1cccc2ncccc12)CN1CCN(C2c3ccccc3C(Cl)C(Cl)c3c2ccc2c3C2)CC1. The monoisotopic (exact) mass is 559 g/mol. The molecular weight excluding hydrogens is 529 g/mol. The Hall–Kier alpha value is -2.67. The third-order valence-electron chi connectivity index (χ3n) is 8.42. The van der Waals surface area contributed by atoms with Gasteiger partial charge in [-0.15, -0.1) is 23.2 Å². The zero-order valence-corrected chi connectivity index (χ0v) is 23.2.